The second-order valence-electron chi connectivity index (χ2n) is 3.68. The maximum atomic E-state index is 11.6. The van der Waals surface area contributed by atoms with E-state index in [9.17, 15) is 4.79 Å². The Kier molecular flexibility index (Phi) is 3.14. The molecule has 0 aliphatic rings. The van der Waals surface area contributed by atoms with E-state index < -0.39 is 0 Å². The van der Waals surface area contributed by atoms with Gasteiger partial charge in [0.05, 0.1) is 10.7 Å². The normalized spacial score (nSPS) is 10.5. The molecular formula is C10H12ClN5O. The molecule has 2 aromatic rings. The van der Waals surface area contributed by atoms with Gasteiger partial charge in [0.2, 0.25) is 5.91 Å². The molecule has 0 bridgehead atoms. The van der Waals surface area contributed by atoms with Crippen LogP contribution >= 0.6 is 11.6 Å². The first-order chi connectivity index (χ1) is 8.04. The zero-order valence-corrected chi connectivity index (χ0v) is 10.3. The van der Waals surface area contributed by atoms with E-state index in [0.717, 1.165) is 0 Å². The Labute approximate surface area is 103 Å². The first-order valence-electron chi connectivity index (χ1n) is 5.03. The minimum Gasteiger partial charge on any atom is -0.308 e. The van der Waals surface area contributed by atoms with Crippen molar-refractivity contribution in [3.05, 3.63) is 29.2 Å². The van der Waals surface area contributed by atoms with E-state index in [1.165, 1.54) is 4.68 Å². The molecule has 2 heterocycles. The van der Waals surface area contributed by atoms with Gasteiger partial charge < -0.3 is 5.32 Å². The van der Waals surface area contributed by atoms with Crippen molar-refractivity contribution in [3.8, 4) is 0 Å². The van der Waals surface area contributed by atoms with E-state index in [1.807, 2.05) is 0 Å². The summed E-state index contributed by atoms with van der Waals surface area (Å²) < 4.78 is 3.11. The van der Waals surface area contributed by atoms with Gasteiger partial charge in [-0.25, -0.2) is 0 Å². The zero-order chi connectivity index (χ0) is 12.4. The lowest BCUT2D eigenvalue weighted by Crippen LogP contribution is -2.19. The molecule has 7 heteroatoms. The molecule has 6 nitrogen and oxygen atoms in total. The number of aromatic nitrogens is 4. The number of amides is 1. The highest BCUT2D eigenvalue weighted by Crippen LogP contribution is 2.11. The number of carbonyl (C=O) groups excluding carboxylic acids is 1. The van der Waals surface area contributed by atoms with Gasteiger partial charge >= 0.3 is 0 Å². The summed E-state index contributed by atoms with van der Waals surface area (Å²) in [4.78, 5) is 11.6. The first kappa shape index (κ1) is 11.7. The molecule has 0 aromatic carbocycles. The number of nitrogens with zero attached hydrogens (tertiary/aromatic N) is 4. The number of halogens is 1. The molecule has 0 radical (unpaired) electrons. The minimum atomic E-state index is -0.192. The van der Waals surface area contributed by atoms with Crippen LogP contribution in [0.5, 0.6) is 0 Å². The largest absolute Gasteiger partial charge is 0.308 e. The molecule has 0 unspecified atom stereocenters. The van der Waals surface area contributed by atoms with Crippen LogP contribution in [0.25, 0.3) is 0 Å². The van der Waals surface area contributed by atoms with Crippen LogP contribution in [0.3, 0.4) is 0 Å². The van der Waals surface area contributed by atoms with E-state index >= 15 is 0 Å². The fraction of sp³-hybridized carbons (Fsp3) is 0.300. The van der Waals surface area contributed by atoms with Crippen LogP contribution in [0.15, 0.2) is 18.5 Å². The second-order valence-corrected chi connectivity index (χ2v) is 4.09. The third-order valence-electron chi connectivity index (χ3n) is 2.17. The molecule has 90 valence electrons. The fourth-order valence-corrected chi connectivity index (χ4v) is 1.54. The van der Waals surface area contributed by atoms with Crippen LogP contribution in [0.2, 0.25) is 5.02 Å². The predicted molar refractivity (Wildman–Crippen MR) is 63.8 cm³/mol. The zero-order valence-electron chi connectivity index (χ0n) is 9.51. The van der Waals surface area contributed by atoms with Crippen molar-refractivity contribution in [2.45, 2.75) is 13.5 Å². The fourth-order valence-electron chi connectivity index (χ4n) is 1.39. The lowest BCUT2D eigenvalue weighted by Gasteiger charge is -2.01. The van der Waals surface area contributed by atoms with E-state index in [0.29, 0.717) is 16.5 Å². The van der Waals surface area contributed by atoms with E-state index in [2.05, 4.69) is 15.5 Å². The SMILES string of the molecule is Cc1nn(CC(=O)Nc2ccn(C)n2)cc1Cl. The first-order valence-corrected chi connectivity index (χ1v) is 5.41. The molecule has 0 saturated carbocycles. The van der Waals surface area contributed by atoms with Gasteiger partial charge in [0, 0.05) is 25.5 Å². The highest BCUT2D eigenvalue weighted by atomic mass is 35.5. The topological polar surface area (TPSA) is 64.7 Å². The Morgan fingerprint density at radius 2 is 2.29 bits per heavy atom. The average Bonchev–Trinajstić information content (AvgIpc) is 2.75. The van der Waals surface area contributed by atoms with Crippen LogP contribution in [0.4, 0.5) is 5.82 Å². The summed E-state index contributed by atoms with van der Waals surface area (Å²) >= 11 is 5.85. The van der Waals surface area contributed by atoms with Crippen molar-refractivity contribution in [2.75, 3.05) is 5.32 Å². The Bertz CT molecular complexity index is 525. The van der Waals surface area contributed by atoms with Crippen LogP contribution in [0.1, 0.15) is 5.69 Å². The van der Waals surface area contributed by atoms with Crippen molar-refractivity contribution in [2.24, 2.45) is 7.05 Å². The van der Waals surface area contributed by atoms with E-state index in [1.54, 1.807) is 37.1 Å². The standard InChI is InChI=1S/C10H12ClN5O/c1-7-8(11)5-16(13-7)6-10(17)12-9-3-4-15(2)14-9/h3-5H,6H2,1-2H3,(H,12,14,17). The van der Waals surface area contributed by atoms with Gasteiger partial charge in [0.1, 0.15) is 6.54 Å². The quantitative estimate of drug-likeness (QED) is 0.894. The van der Waals surface area contributed by atoms with Crippen molar-refractivity contribution < 1.29 is 4.79 Å². The van der Waals surface area contributed by atoms with Crippen LogP contribution in [-0.4, -0.2) is 25.5 Å². The van der Waals surface area contributed by atoms with Crippen LogP contribution in [0, 0.1) is 6.92 Å². The number of rotatable bonds is 3. The lowest BCUT2D eigenvalue weighted by atomic mass is 10.5. The summed E-state index contributed by atoms with van der Waals surface area (Å²) in [5.74, 6) is 0.329. The Hall–Kier alpha value is -1.82. The van der Waals surface area contributed by atoms with Gasteiger partial charge in [-0.05, 0) is 6.92 Å². The van der Waals surface area contributed by atoms with Gasteiger partial charge in [-0.3, -0.25) is 14.2 Å². The molecule has 0 aliphatic heterocycles. The lowest BCUT2D eigenvalue weighted by molar-refractivity contribution is -0.116. The maximum absolute atomic E-state index is 11.6. The highest BCUT2D eigenvalue weighted by Gasteiger charge is 2.08. The second kappa shape index (κ2) is 4.58. The molecular weight excluding hydrogens is 242 g/mol. The minimum absolute atomic E-state index is 0.115. The molecule has 1 amide bonds. The number of nitrogens with one attached hydrogen (secondary N) is 1. The molecule has 1 N–H and O–H groups in total. The van der Waals surface area contributed by atoms with Gasteiger partial charge in [-0.15, -0.1) is 0 Å². The van der Waals surface area contributed by atoms with Crippen LogP contribution in [-0.2, 0) is 18.4 Å². The van der Waals surface area contributed by atoms with Gasteiger partial charge in [0.25, 0.3) is 0 Å². The molecule has 2 aromatic heterocycles. The number of hydrogen-bond acceptors (Lipinski definition) is 3. The van der Waals surface area contributed by atoms with Gasteiger partial charge in [-0.2, -0.15) is 10.2 Å². The molecule has 0 saturated heterocycles. The molecule has 0 spiro atoms. The Morgan fingerprint density at radius 3 is 2.82 bits per heavy atom. The third kappa shape index (κ3) is 2.85. The number of aryl methyl sites for hydroxylation is 2. The number of hydrogen-bond donors (Lipinski definition) is 1. The van der Waals surface area contributed by atoms with Crippen molar-refractivity contribution in [1.82, 2.24) is 19.6 Å². The monoisotopic (exact) mass is 253 g/mol. The summed E-state index contributed by atoms with van der Waals surface area (Å²) in [6.45, 7) is 1.90. The molecule has 2 rings (SSSR count). The Balaban J connectivity index is 1.97. The van der Waals surface area contributed by atoms with E-state index in [4.69, 9.17) is 11.6 Å². The molecule has 17 heavy (non-hydrogen) atoms. The maximum Gasteiger partial charge on any atom is 0.247 e. The smallest absolute Gasteiger partial charge is 0.247 e. The number of carbonyl (C=O) groups is 1. The molecule has 0 aliphatic carbocycles. The third-order valence-corrected chi connectivity index (χ3v) is 2.54. The van der Waals surface area contributed by atoms with Crippen molar-refractivity contribution in [1.29, 1.82) is 0 Å². The molecule has 0 fully saturated rings. The summed E-state index contributed by atoms with van der Waals surface area (Å²) in [5.41, 5.74) is 0.706. The summed E-state index contributed by atoms with van der Waals surface area (Å²) in [7, 11) is 1.78. The number of anilines is 1. The molecule has 0 atom stereocenters. The van der Waals surface area contributed by atoms with Gasteiger partial charge in [0.15, 0.2) is 5.82 Å². The highest BCUT2D eigenvalue weighted by molar-refractivity contribution is 6.31. The van der Waals surface area contributed by atoms with Crippen molar-refractivity contribution >= 4 is 23.3 Å². The Morgan fingerprint density at radius 1 is 1.53 bits per heavy atom. The summed E-state index contributed by atoms with van der Waals surface area (Å²) in [5, 5.41) is 11.4. The average molecular weight is 254 g/mol. The summed E-state index contributed by atoms with van der Waals surface area (Å²) in [6, 6.07) is 1.72. The predicted octanol–water partition coefficient (Wildman–Crippen LogP) is 1.22. The van der Waals surface area contributed by atoms with Gasteiger partial charge in [-0.1, -0.05) is 11.6 Å². The van der Waals surface area contributed by atoms with Crippen molar-refractivity contribution in [3.63, 3.8) is 0 Å². The van der Waals surface area contributed by atoms with E-state index in [-0.39, 0.29) is 12.5 Å². The summed E-state index contributed by atoms with van der Waals surface area (Å²) in [6.07, 6.45) is 3.37. The van der Waals surface area contributed by atoms with Crippen LogP contribution < -0.4 is 5.32 Å².